The largest absolute Gasteiger partial charge is 0.350 e. The lowest BCUT2D eigenvalue weighted by Gasteiger charge is -2.31. The highest BCUT2D eigenvalue weighted by Gasteiger charge is 2.28. The van der Waals surface area contributed by atoms with Crippen molar-refractivity contribution in [3.05, 3.63) is 37.4 Å². The Kier molecular flexibility index (Phi) is 5.80. The summed E-state index contributed by atoms with van der Waals surface area (Å²) in [4.78, 5) is 32.0. The van der Waals surface area contributed by atoms with Crippen LogP contribution in [0.4, 0.5) is 0 Å². The fraction of sp³-hybridized carbons (Fsp3) is 0.526. The molecule has 0 bridgehead atoms. The van der Waals surface area contributed by atoms with Crippen molar-refractivity contribution in [2.75, 3.05) is 13.1 Å². The number of carbonyl (C=O) groups excluding carboxylic acids is 2. The van der Waals surface area contributed by atoms with Crippen LogP contribution in [0.25, 0.3) is 0 Å². The van der Waals surface area contributed by atoms with Crippen molar-refractivity contribution in [2.45, 2.75) is 44.6 Å². The van der Waals surface area contributed by atoms with Crippen molar-refractivity contribution in [2.24, 2.45) is 5.92 Å². The Morgan fingerprint density at radius 2 is 2.11 bits per heavy atom. The first kappa shape index (κ1) is 18.9. The molecule has 0 aromatic carbocycles. The average Bonchev–Trinajstić information content (AvgIpc) is 3.27. The van der Waals surface area contributed by atoms with Gasteiger partial charge in [-0.25, -0.2) is 4.98 Å². The van der Waals surface area contributed by atoms with Crippen molar-refractivity contribution < 1.29 is 9.59 Å². The van der Waals surface area contributed by atoms with Gasteiger partial charge in [-0.3, -0.25) is 9.59 Å². The first-order chi connectivity index (χ1) is 13.1. The minimum atomic E-state index is 0.0566. The van der Waals surface area contributed by atoms with Gasteiger partial charge in [-0.2, -0.15) is 0 Å². The molecule has 2 amide bonds. The van der Waals surface area contributed by atoms with Gasteiger partial charge in [0.15, 0.2) is 0 Å². The number of thiophene rings is 1. The summed E-state index contributed by atoms with van der Waals surface area (Å²) in [7, 11) is 0. The van der Waals surface area contributed by atoms with Crippen LogP contribution < -0.4 is 5.32 Å². The number of nitrogens with one attached hydrogen (secondary N) is 1. The van der Waals surface area contributed by atoms with E-state index in [0.717, 1.165) is 49.4 Å². The summed E-state index contributed by atoms with van der Waals surface area (Å²) in [6.07, 6.45) is 5.19. The molecule has 1 atom stereocenters. The normalized spacial score (nSPS) is 20.3. The van der Waals surface area contributed by atoms with Crippen LogP contribution in [-0.4, -0.2) is 34.8 Å². The summed E-state index contributed by atoms with van der Waals surface area (Å²) < 4.78 is 0.639. The van der Waals surface area contributed by atoms with Crippen molar-refractivity contribution in [1.29, 1.82) is 0 Å². The summed E-state index contributed by atoms with van der Waals surface area (Å²) in [5.74, 6) is 0.673. The molecule has 1 saturated heterocycles. The molecule has 1 saturated carbocycles. The SMILES string of the molecule is O=C(NCc1csc([C@H]2CCCN(C(=O)c3ccc(Cl)s3)C2)n1)C1CCC1. The summed E-state index contributed by atoms with van der Waals surface area (Å²) >= 11 is 8.93. The van der Waals surface area contributed by atoms with Gasteiger partial charge < -0.3 is 10.2 Å². The highest BCUT2D eigenvalue weighted by atomic mass is 35.5. The summed E-state index contributed by atoms with van der Waals surface area (Å²) in [6.45, 7) is 1.96. The van der Waals surface area contributed by atoms with Crippen LogP contribution >= 0.6 is 34.3 Å². The number of hydrogen-bond acceptors (Lipinski definition) is 5. The Morgan fingerprint density at radius 3 is 2.81 bits per heavy atom. The highest BCUT2D eigenvalue weighted by molar-refractivity contribution is 7.18. The monoisotopic (exact) mass is 423 g/mol. The van der Waals surface area contributed by atoms with E-state index in [4.69, 9.17) is 16.6 Å². The lowest BCUT2D eigenvalue weighted by Crippen LogP contribution is -2.38. The third kappa shape index (κ3) is 4.36. The molecule has 0 radical (unpaired) electrons. The Labute approximate surface area is 171 Å². The molecule has 2 aromatic heterocycles. The molecule has 2 fully saturated rings. The molecular weight excluding hydrogens is 402 g/mol. The molecular formula is C19H22ClN3O2S2. The van der Waals surface area contributed by atoms with Gasteiger partial charge in [-0.15, -0.1) is 22.7 Å². The topological polar surface area (TPSA) is 62.3 Å². The molecule has 1 aliphatic heterocycles. The second kappa shape index (κ2) is 8.29. The van der Waals surface area contributed by atoms with Gasteiger partial charge in [0.2, 0.25) is 5.91 Å². The standard InChI is InChI=1S/C19H22ClN3O2S2/c20-16-7-6-15(27-16)19(25)23-8-2-5-13(10-23)18-22-14(11-26-18)9-21-17(24)12-3-1-4-12/h6-7,11-13H,1-5,8-10H2,(H,21,24)/t13-/m0/s1. The van der Waals surface area contributed by atoms with Gasteiger partial charge in [-0.05, 0) is 37.8 Å². The Bertz CT molecular complexity index is 831. The number of carbonyl (C=O) groups is 2. The maximum absolute atomic E-state index is 12.7. The van der Waals surface area contributed by atoms with Gasteiger partial charge in [0.05, 0.1) is 26.5 Å². The van der Waals surface area contributed by atoms with E-state index in [2.05, 4.69) is 5.32 Å². The van der Waals surface area contributed by atoms with Gasteiger partial charge in [0.1, 0.15) is 0 Å². The molecule has 0 unspecified atom stereocenters. The van der Waals surface area contributed by atoms with E-state index in [9.17, 15) is 9.59 Å². The minimum absolute atomic E-state index is 0.0566. The summed E-state index contributed by atoms with van der Waals surface area (Å²) in [5, 5.41) is 6.08. The van der Waals surface area contributed by atoms with Crippen LogP contribution in [0.1, 0.15) is 58.4 Å². The van der Waals surface area contributed by atoms with E-state index in [1.54, 1.807) is 23.5 Å². The molecule has 1 N–H and O–H groups in total. The third-order valence-corrected chi connectivity index (χ3v) is 7.61. The van der Waals surface area contributed by atoms with E-state index in [1.165, 1.54) is 11.3 Å². The molecule has 4 rings (SSSR count). The quantitative estimate of drug-likeness (QED) is 0.780. The van der Waals surface area contributed by atoms with E-state index in [1.807, 2.05) is 10.3 Å². The molecule has 8 heteroatoms. The zero-order chi connectivity index (χ0) is 18.8. The van der Waals surface area contributed by atoms with Gasteiger partial charge in [-0.1, -0.05) is 18.0 Å². The molecule has 2 aliphatic rings. The maximum atomic E-state index is 12.7. The zero-order valence-corrected chi connectivity index (χ0v) is 17.3. The van der Waals surface area contributed by atoms with Crippen molar-refractivity contribution >= 4 is 46.1 Å². The number of rotatable bonds is 5. The van der Waals surface area contributed by atoms with E-state index in [-0.39, 0.29) is 23.7 Å². The predicted octanol–water partition coefficient (Wildman–Crippen LogP) is 4.29. The van der Waals surface area contributed by atoms with Crippen molar-refractivity contribution in [1.82, 2.24) is 15.2 Å². The number of piperidine rings is 1. The zero-order valence-electron chi connectivity index (χ0n) is 14.9. The van der Waals surface area contributed by atoms with Crippen LogP contribution in [0.15, 0.2) is 17.5 Å². The molecule has 27 heavy (non-hydrogen) atoms. The number of aromatic nitrogens is 1. The fourth-order valence-corrected chi connectivity index (χ4v) is 5.49. The molecule has 144 valence electrons. The number of nitrogens with zero attached hydrogens (tertiary/aromatic N) is 2. The van der Waals surface area contributed by atoms with Gasteiger partial charge in [0.25, 0.3) is 5.91 Å². The van der Waals surface area contributed by atoms with E-state index < -0.39 is 0 Å². The van der Waals surface area contributed by atoms with E-state index in [0.29, 0.717) is 22.3 Å². The summed E-state index contributed by atoms with van der Waals surface area (Å²) in [5.41, 5.74) is 0.913. The fourth-order valence-electron chi connectivity index (χ4n) is 3.53. The van der Waals surface area contributed by atoms with Gasteiger partial charge >= 0.3 is 0 Å². The second-order valence-corrected chi connectivity index (χ2v) is 9.82. The number of hydrogen-bond donors (Lipinski definition) is 1. The second-order valence-electron chi connectivity index (χ2n) is 7.22. The Hall–Kier alpha value is -1.44. The average molecular weight is 424 g/mol. The lowest BCUT2D eigenvalue weighted by atomic mass is 9.85. The van der Waals surface area contributed by atoms with Crippen LogP contribution in [0.2, 0.25) is 4.34 Å². The first-order valence-electron chi connectivity index (χ1n) is 9.37. The van der Waals surface area contributed by atoms with Crippen LogP contribution in [0.5, 0.6) is 0 Å². The molecule has 0 spiro atoms. The maximum Gasteiger partial charge on any atom is 0.263 e. The Balaban J connectivity index is 1.35. The van der Waals surface area contributed by atoms with Crippen LogP contribution in [0, 0.1) is 5.92 Å². The number of likely N-dealkylation sites (tertiary alicyclic amines) is 1. The van der Waals surface area contributed by atoms with Crippen molar-refractivity contribution in [3.8, 4) is 0 Å². The smallest absolute Gasteiger partial charge is 0.263 e. The van der Waals surface area contributed by atoms with Crippen LogP contribution in [-0.2, 0) is 11.3 Å². The van der Waals surface area contributed by atoms with Gasteiger partial charge in [0, 0.05) is 30.3 Å². The van der Waals surface area contributed by atoms with E-state index >= 15 is 0 Å². The minimum Gasteiger partial charge on any atom is -0.350 e. The first-order valence-corrected chi connectivity index (χ1v) is 11.4. The van der Waals surface area contributed by atoms with Crippen molar-refractivity contribution in [3.63, 3.8) is 0 Å². The number of thiazole rings is 1. The molecule has 2 aromatic rings. The summed E-state index contributed by atoms with van der Waals surface area (Å²) in [6, 6.07) is 3.57. The predicted molar refractivity (Wildman–Crippen MR) is 109 cm³/mol. The lowest BCUT2D eigenvalue weighted by molar-refractivity contribution is -0.127. The highest BCUT2D eigenvalue weighted by Crippen LogP contribution is 2.31. The third-order valence-electron chi connectivity index (χ3n) is 5.33. The van der Waals surface area contributed by atoms with Crippen LogP contribution in [0.3, 0.4) is 0 Å². The molecule has 1 aliphatic carbocycles. The molecule has 3 heterocycles. The number of halogens is 1. The number of amides is 2. The molecule has 5 nitrogen and oxygen atoms in total. The Morgan fingerprint density at radius 1 is 1.26 bits per heavy atom.